The monoisotopic (exact) mass is 275 g/mol. The number of thiophene rings is 1. The van der Waals surface area contributed by atoms with Crippen LogP contribution >= 0.6 is 11.3 Å². The van der Waals surface area contributed by atoms with E-state index in [2.05, 4.69) is 33.5 Å². The van der Waals surface area contributed by atoms with Gasteiger partial charge in [0, 0.05) is 23.4 Å². The van der Waals surface area contributed by atoms with Crippen LogP contribution in [0.3, 0.4) is 0 Å². The molecule has 4 nitrogen and oxygen atoms in total. The average Bonchev–Trinajstić information content (AvgIpc) is 2.98. The first-order valence-electron chi connectivity index (χ1n) is 6.94. The van der Waals surface area contributed by atoms with E-state index in [0.29, 0.717) is 12.0 Å². The van der Waals surface area contributed by atoms with Gasteiger partial charge in [0.25, 0.3) is 0 Å². The molecule has 2 aromatic heterocycles. The Labute approximate surface area is 116 Å². The second kappa shape index (κ2) is 4.42. The second-order valence-corrected chi connectivity index (χ2v) is 6.50. The SMILES string of the molecule is C[C@@H]1c2ccsc2CCN1Cc1nnc(C2CC2)o1. The summed E-state index contributed by atoms with van der Waals surface area (Å²) in [5.41, 5.74) is 1.47. The van der Waals surface area contributed by atoms with Gasteiger partial charge < -0.3 is 4.42 Å². The highest BCUT2D eigenvalue weighted by molar-refractivity contribution is 7.10. The van der Waals surface area contributed by atoms with E-state index in [1.54, 1.807) is 0 Å². The van der Waals surface area contributed by atoms with Crippen molar-refractivity contribution in [2.75, 3.05) is 6.54 Å². The smallest absolute Gasteiger partial charge is 0.230 e. The molecule has 1 fully saturated rings. The van der Waals surface area contributed by atoms with Crippen molar-refractivity contribution < 1.29 is 4.42 Å². The topological polar surface area (TPSA) is 42.2 Å². The summed E-state index contributed by atoms with van der Waals surface area (Å²) in [6.45, 7) is 4.12. The fraction of sp³-hybridized carbons (Fsp3) is 0.571. The predicted octanol–water partition coefficient (Wildman–Crippen LogP) is 3.13. The number of hydrogen-bond donors (Lipinski definition) is 0. The Bertz CT molecular complexity index is 587. The molecule has 100 valence electrons. The first-order chi connectivity index (χ1) is 9.31. The normalized spacial score (nSPS) is 23.5. The standard InChI is InChI=1S/C14H17N3OS/c1-9-11-5-7-19-12(11)4-6-17(9)8-13-15-16-14(18-13)10-2-3-10/h5,7,9-10H,2-4,6,8H2,1H3/t9-/m1/s1. The van der Waals surface area contributed by atoms with Crippen molar-refractivity contribution in [3.05, 3.63) is 33.7 Å². The van der Waals surface area contributed by atoms with Crippen LogP contribution < -0.4 is 0 Å². The summed E-state index contributed by atoms with van der Waals surface area (Å²) < 4.78 is 5.77. The Kier molecular flexibility index (Phi) is 2.70. The molecule has 0 radical (unpaired) electrons. The van der Waals surface area contributed by atoms with Gasteiger partial charge in [0.2, 0.25) is 11.8 Å². The molecule has 1 atom stereocenters. The minimum Gasteiger partial charge on any atom is -0.424 e. The van der Waals surface area contributed by atoms with Gasteiger partial charge in [-0.3, -0.25) is 4.90 Å². The lowest BCUT2D eigenvalue weighted by Crippen LogP contribution is -2.32. The Morgan fingerprint density at radius 2 is 2.32 bits per heavy atom. The molecule has 0 N–H and O–H groups in total. The maximum absolute atomic E-state index is 5.77. The van der Waals surface area contributed by atoms with Gasteiger partial charge in [-0.2, -0.15) is 0 Å². The molecule has 0 unspecified atom stereocenters. The predicted molar refractivity (Wildman–Crippen MR) is 73.1 cm³/mol. The number of hydrogen-bond acceptors (Lipinski definition) is 5. The Morgan fingerprint density at radius 3 is 3.16 bits per heavy atom. The third-order valence-electron chi connectivity index (χ3n) is 4.15. The van der Waals surface area contributed by atoms with Crippen molar-refractivity contribution in [1.82, 2.24) is 15.1 Å². The summed E-state index contributed by atoms with van der Waals surface area (Å²) in [6, 6.07) is 2.70. The molecule has 0 amide bonds. The molecule has 3 heterocycles. The van der Waals surface area contributed by atoms with E-state index >= 15 is 0 Å². The van der Waals surface area contributed by atoms with Gasteiger partial charge in [-0.25, -0.2) is 0 Å². The van der Waals surface area contributed by atoms with E-state index in [9.17, 15) is 0 Å². The summed E-state index contributed by atoms with van der Waals surface area (Å²) in [6.07, 6.45) is 3.56. The highest BCUT2D eigenvalue weighted by Crippen LogP contribution is 2.39. The number of rotatable bonds is 3. The van der Waals surface area contributed by atoms with Crippen LogP contribution in [0.4, 0.5) is 0 Å². The molecule has 1 aliphatic carbocycles. The van der Waals surface area contributed by atoms with Crippen molar-refractivity contribution in [2.24, 2.45) is 0 Å². The van der Waals surface area contributed by atoms with Crippen LogP contribution in [0.5, 0.6) is 0 Å². The molecular weight excluding hydrogens is 258 g/mol. The summed E-state index contributed by atoms with van der Waals surface area (Å²) in [4.78, 5) is 3.96. The quantitative estimate of drug-likeness (QED) is 0.863. The van der Waals surface area contributed by atoms with Gasteiger partial charge in [0.15, 0.2) is 0 Å². The van der Waals surface area contributed by atoms with Crippen LogP contribution in [-0.4, -0.2) is 21.6 Å². The van der Waals surface area contributed by atoms with Gasteiger partial charge in [-0.1, -0.05) is 0 Å². The van der Waals surface area contributed by atoms with Crippen molar-refractivity contribution >= 4 is 11.3 Å². The number of aromatic nitrogens is 2. The summed E-state index contributed by atoms with van der Waals surface area (Å²) in [5.74, 6) is 2.16. The third kappa shape index (κ3) is 2.11. The van der Waals surface area contributed by atoms with E-state index in [-0.39, 0.29) is 0 Å². The molecular formula is C14H17N3OS. The van der Waals surface area contributed by atoms with E-state index in [0.717, 1.165) is 31.3 Å². The fourth-order valence-electron chi connectivity index (χ4n) is 2.78. The minimum absolute atomic E-state index is 0.450. The highest BCUT2D eigenvalue weighted by atomic mass is 32.1. The Balaban J connectivity index is 1.50. The highest BCUT2D eigenvalue weighted by Gasteiger charge is 2.30. The lowest BCUT2D eigenvalue weighted by atomic mass is 10.0. The minimum atomic E-state index is 0.450. The van der Waals surface area contributed by atoms with E-state index in [1.165, 1.54) is 23.3 Å². The van der Waals surface area contributed by atoms with Crippen LogP contribution in [0.25, 0.3) is 0 Å². The first-order valence-corrected chi connectivity index (χ1v) is 7.82. The molecule has 1 saturated carbocycles. The third-order valence-corrected chi connectivity index (χ3v) is 5.15. The van der Waals surface area contributed by atoms with Gasteiger partial charge in [0.1, 0.15) is 0 Å². The molecule has 2 aliphatic rings. The molecule has 2 aromatic rings. The van der Waals surface area contributed by atoms with Crippen LogP contribution in [0.1, 0.15) is 53.9 Å². The van der Waals surface area contributed by atoms with Crippen molar-refractivity contribution in [1.29, 1.82) is 0 Å². The lowest BCUT2D eigenvalue weighted by molar-refractivity contribution is 0.172. The zero-order valence-electron chi connectivity index (χ0n) is 11.0. The van der Waals surface area contributed by atoms with Crippen molar-refractivity contribution in [3.8, 4) is 0 Å². The maximum atomic E-state index is 5.77. The molecule has 5 heteroatoms. The molecule has 0 bridgehead atoms. The van der Waals surface area contributed by atoms with Gasteiger partial charge in [-0.15, -0.1) is 21.5 Å². The van der Waals surface area contributed by atoms with Crippen LogP contribution in [0.2, 0.25) is 0 Å². The number of fused-ring (bicyclic) bond motifs is 1. The Morgan fingerprint density at radius 1 is 1.42 bits per heavy atom. The van der Waals surface area contributed by atoms with E-state index in [1.807, 2.05) is 11.3 Å². The van der Waals surface area contributed by atoms with Gasteiger partial charge >= 0.3 is 0 Å². The average molecular weight is 275 g/mol. The van der Waals surface area contributed by atoms with Gasteiger partial charge in [0.05, 0.1) is 6.54 Å². The Hall–Kier alpha value is -1.20. The summed E-state index contributed by atoms with van der Waals surface area (Å²) in [5, 5.41) is 10.6. The zero-order valence-corrected chi connectivity index (χ0v) is 11.8. The van der Waals surface area contributed by atoms with E-state index < -0.39 is 0 Å². The molecule has 19 heavy (non-hydrogen) atoms. The largest absolute Gasteiger partial charge is 0.424 e. The second-order valence-electron chi connectivity index (χ2n) is 5.50. The summed E-state index contributed by atoms with van der Waals surface area (Å²) in [7, 11) is 0. The van der Waals surface area contributed by atoms with Crippen molar-refractivity contribution in [3.63, 3.8) is 0 Å². The molecule has 4 rings (SSSR count). The van der Waals surface area contributed by atoms with Crippen molar-refractivity contribution in [2.45, 2.75) is 44.7 Å². The molecule has 0 saturated heterocycles. The maximum Gasteiger partial charge on any atom is 0.230 e. The molecule has 1 aliphatic heterocycles. The first kappa shape index (κ1) is 11.6. The summed E-state index contributed by atoms with van der Waals surface area (Å²) >= 11 is 1.88. The number of nitrogens with zero attached hydrogens (tertiary/aromatic N) is 3. The molecule has 0 aromatic carbocycles. The van der Waals surface area contributed by atoms with Gasteiger partial charge in [-0.05, 0) is 43.2 Å². The fourth-order valence-corrected chi connectivity index (χ4v) is 3.74. The lowest BCUT2D eigenvalue weighted by Gasteiger charge is -2.32. The van der Waals surface area contributed by atoms with Crippen LogP contribution in [0, 0.1) is 0 Å². The zero-order chi connectivity index (χ0) is 12.8. The molecule has 0 spiro atoms. The van der Waals surface area contributed by atoms with Crippen LogP contribution in [-0.2, 0) is 13.0 Å². The van der Waals surface area contributed by atoms with E-state index in [4.69, 9.17) is 4.42 Å². The van der Waals surface area contributed by atoms with Crippen LogP contribution in [0.15, 0.2) is 15.9 Å².